The highest BCUT2D eigenvalue weighted by Crippen LogP contribution is 2.25. The molecule has 0 spiro atoms. The zero-order chi connectivity index (χ0) is 20.9. The first kappa shape index (κ1) is 20.8. The number of nitrogens with zero attached hydrogens (tertiary/aromatic N) is 3. The van der Waals surface area contributed by atoms with E-state index in [1.165, 1.54) is 18.4 Å². The third-order valence-electron chi connectivity index (χ3n) is 5.98. The van der Waals surface area contributed by atoms with Gasteiger partial charge in [-0.05, 0) is 37.8 Å². The molecule has 0 unspecified atom stereocenters. The van der Waals surface area contributed by atoms with Crippen LogP contribution >= 0.6 is 11.3 Å². The lowest BCUT2D eigenvalue weighted by Crippen LogP contribution is -2.50. The number of benzene rings is 1. The Bertz CT molecular complexity index is 857. The van der Waals surface area contributed by atoms with Gasteiger partial charge in [-0.3, -0.25) is 9.69 Å². The van der Waals surface area contributed by atoms with Crippen molar-refractivity contribution >= 4 is 23.2 Å². The van der Waals surface area contributed by atoms with Gasteiger partial charge in [-0.15, -0.1) is 0 Å². The quantitative estimate of drug-likeness (QED) is 0.681. The molecule has 1 amide bonds. The second kappa shape index (κ2) is 9.57. The van der Waals surface area contributed by atoms with Crippen LogP contribution in [0.25, 0.3) is 0 Å². The van der Waals surface area contributed by atoms with Crippen molar-refractivity contribution in [2.45, 2.75) is 37.8 Å². The highest BCUT2D eigenvalue weighted by atomic mass is 32.1. The molecule has 1 aromatic heterocycles. The van der Waals surface area contributed by atoms with Crippen LogP contribution in [0.5, 0.6) is 5.19 Å². The van der Waals surface area contributed by atoms with Crippen LogP contribution in [0.3, 0.4) is 0 Å². The Balaban J connectivity index is 1.28. The normalized spacial score (nSPS) is 18.9. The minimum atomic E-state index is -0.475. The van der Waals surface area contributed by atoms with E-state index in [0.717, 1.165) is 44.0 Å². The fraction of sp³-hybridized carbons (Fsp3) is 0.500. The number of hydrogen-bond donors (Lipinski definition) is 0. The van der Waals surface area contributed by atoms with E-state index in [0.29, 0.717) is 30.3 Å². The molecular weight excluding hydrogens is 402 g/mol. The molecule has 0 bridgehead atoms. The van der Waals surface area contributed by atoms with Gasteiger partial charge in [-0.2, -0.15) is 0 Å². The van der Waals surface area contributed by atoms with Gasteiger partial charge in [0.15, 0.2) is 0 Å². The van der Waals surface area contributed by atoms with E-state index >= 15 is 0 Å². The predicted octanol–water partition coefficient (Wildman–Crippen LogP) is 3.08. The van der Waals surface area contributed by atoms with Crippen molar-refractivity contribution in [2.24, 2.45) is 0 Å². The zero-order valence-electron chi connectivity index (χ0n) is 17.2. The molecule has 1 aromatic carbocycles. The smallest absolute Gasteiger partial charge is 0.338 e. The van der Waals surface area contributed by atoms with Crippen LogP contribution < -0.4 is 4.74 Å². The lowest BCUT2D eigenvalue weighted by Gasteiger charge is -2.41. The maximum Gasteiger partial charge on any atom is 0.338 e. The maximum absolute atomic E-state index is 13.0. The molecule has 2 saturated heterocycles. The number of ether oxygens (including phenoxy) is 2. The number of methoxy groups -OCH3 is 1. The summed E-state index contributed by atoms with van der Waals surface area (Å²) >= 11 is 1.54. The Labute approximate surface area is 180 Å². The first-order chi connectivity index (χ1) is 14.7. The molecule has 0 saturated carbocycles. The van der Waals surface area contributed by atoms with Crippen LogP contribution in [0, 0.1) is 0 Å². The fourth-order valence-corrected chi connectivity index (χ4v) is 4.88. The van der Waals surface area contributed by atoms with Crippen molar-refractivity contribution in [2.75, 3.05) is 33.3 Å². The number of amides is 1. The van der Waals surface area contributed by atoms with Gasteiger partial charge in [0.25, 0.3) is 11.1 Å². The van der Waals surface area contributed by atoms with E-state index in [1.807, 2.05) is 10.3 Å². The number of carbonyl (C=O) groups is 2. The molecule has 160 valence electrons. The lowest BCUT2D eigenvalue weighted by atomic mass is 9.98. The van der Waals surface area contributed by atoms with Gasteiger partial charge >= 0.3 is 5.97 Å². The average molecular weight is 430 g/mol. The molecule has 2 aliphatic heterocycles. The van der Waals surface area contributed by atoms with Crippen molar-refractivity contribution in [1.82, 2.24) is 14.8 Å². The van der Waals surface area contributed by atoms with Gasteiger partial charge in [0.2, 0.25) is 0 Å². The molecule has 4 rings (SSSR count). The van der Waals surface area contributed by atoms with E-state index in [1.54, 1.807) is 30.5 Å². The Morgan fingerprint density at radius 3 is 2.37 bits per heavy atom. The molecule has 30 heavy (non-hydrogen) atoms. The number of carbonyl (C=O) groups excluding carboxylic acids is 2. The number of likely N-dealkylation sites (tertiary alicyclic amines) is 2. The molecule has 0 atom stereocenters. The first-order valence-corrected chi connectivity index (χ1v) is 11.3. The van der Waals surface area contributed by atoms with Crippen LogP contribution in [-0.4, -0.2) is 72.1 Å². The first-order valence-electron chi connectivity index (χ1n) is 10.4. The van der Waals surface area contributed by atoms with Crippen LogP contribution in [0.1, 0.15) is 46.4 Å². The number of aromatic nitrogens is 1. The monoisotopic (exact) mass is 429 g/mol. The molecule has 3 heterocycles. The van der Waals surface area contributed by atoms with Crippen molar-refractivity contribution in [1.29, 1.82) is 0 Å². The summed E-state index contributed by atoms with van der Waals surface area (Å²) in [6.45, 7) is 3.43. The molecule has 2 aromatic rings. The summed E-state index contributed by atoms with van der Waals surface area (Å²) in [7, 11) is 1.33. The number of thiazole rings is 1. The van der Waals surface area contributed by atoms with Crippen LogP contribution in [-0.2, 0) is 4.74 Å². The summed E-state index contributed by atoms with van der Waals surface area (Å²) in [5.41, 5.74) is 0.748. The maximum atomic E-state index is 13.0. The van der Waals surface area contributed by atoms with E-state index in [4.69, 9.17) is 9.47 Å². The van der Waals surface area contributed by atoms with Gasteiger partial charge in [0.05, 0.1) is 18.2 Å². The number of rotatable bonds is 5. The highest BCUT2D eigenvalue weighted by Gasteiger charge is 2.31. The summed E-state index contributed by atoms with van der Waals surface area (Å²) < 4.78 is 10.8. The van der Waals surface area contributed by atoms with Crippen LogP contribution in [0.2, 0.25) is 0 Å². The SMILES string of the molecule is COC(=O)c1ccccc1C(=O)N1CCC(N2CCC(Oc3nccs3)CC2)CC1. The van der Waals surface area contributed by atoms with E-state index in [2.05, 4.69) is 9.88 Å². The van der Waals surface area contributed by atoms with E-state index < -0.39 is 5.97 Å². The molecular formula is C22H27N3O4S. The topological polar surface area (TPSA) is 72.0 Å². The zero-order valence-corrected chi connectivity index (χ0v) is 18.0. The summed E-state index contributed by atoms with van der Waals surface area (Å²) in [4.78, 5) is 33.6. The van der Waals surface area contributed by atoms with Crippen molar-refractivity contribution in [3.05, 3.63) is 47.0 Å². The van der Waals surface area contributed by atoms with Crippen molar-refractivity contribution < 1.29 is 19.1 Å². The second-order valence-electron chi connectivity index (χ2n) is 7.71. The molecule has 0 radical (unpaired) electrons. The molecule has 8 heteroatoms. The lowest BCUT2D eigenvalue weighted by molar-refractivity contribution is 0.0420. The molecule has 0 aliphatic carbocycles. The Hall–Kier alpha value is -2.45. The van der Waals surface area contributed by atoms with E-state index in [-0.39, 0.29) is 12.0 Å². The summed E-state index contributed by atoms with van der Waals surface area (Å²) in [6.07, 6.45) is 5.92. The summed E-state index contributed by atoms with van der Waals surface area (Å²) in [5.74, 6) is -0.568. The van der Waals surface area contributed by atoms with Gasteiger partial charge in [0, 0.05) is 43.8 Å². The summed E-state index contributed by atoms with van der Waals surface area (Å²) in [5, 5.41) is 2.69. The minimum absolute atomic E-state index is 0.0926. The van der Waals surface area contributed by atoms with Gasteiger partial charge in [-0.25, -0.2) is 9.78 Å². The Kier molecular flexibility index (Phi) is 6.64. The standard InChI is InChI=1S/C22H27N3O4S/c1-28-21(27)19-5-3-2-4-18(19)20(26)25-11-6-16(7-12-25)24-13-8-17(9-14-24)29-22-23-10-15-30-22/h2-5,10,15-17H,6-9,11-14H2,1H3. The molecule has 7 nitrogen and oxygen atoms in total. The van der Waals surface area contributed by atoms with Gasteiger partial charge < -0.3 is 14.4 Å². The van der Waals surface area contributed by atoms with Crippen molar-refractivity contribution in [3.63, 3.8) is 0 Å². The number of hydrogen-bond acceptors (Lipinski definition) is 7. The third-order valence-corrected chi connectivity index (χ3v) is 6.65. The predicted molar refractivity (Wildman–Crippen MR) is 114 cm³/mol. The van der Waals surface area contributed by atoms with E-state index in [9.17, 15) is 9.59 Å². The van der Waals surface area contributed by atoms with Crippen molar-refractivity contribution in [3.8, 4) is 5.19 Å². The average Bonchev–Trinajstić information content (AvgIpc) is 3.32. The number of piperidine rings is 2. The molecule has 2 aliphatic rings. The second-order valence-corrected chi connectivity index (χ2v) is 8.57. The third kappa shape index (κ3) is 4.65. The largest absolute Gasteiger partial charge is 0.467 e. The Morgan fingerprint density at radius 2 is 1.73 bits per heavy atom. The fourth-order valence-electron chi connectivity index (χ4n) is 4.33. The van der Waals surface area contributed by atoms with Crippen LogP contribution in [0.4, 0.5) is 0 Å². The van der Waals surface area contributed by atoms with Crippen LogP contribution in [0.15, 0.2) is 35.8 Å². The number of esters is 1. The summed E-state index contributed by atoms with van der Waals surface area (Å²) in [6, 6.07) is 7.37. The highest BCUT2D eigenvalue weighted by molar-refractivity contribution is 7.11. The minimum Gasteiger partial charge on any atom is -0.467 e. The van der Waals surface area contributed by atoms with Gasteiger partial charge in [-0.1, -0.05) is 23.5 Å². The Morgan fingerprint density at radius 1 is 1.03 bits per heavy atom. The molecule has 2 fully saturated rings. The molecule has 0 N–H and O–H groups in total. The van der Waals surface area contributed by atoms with Gasteiger partial charge in [0.1, 0.15) is 6.10 Å².